The molecular weight excluding hydrogens is 461 g/mol. The second kappa shape index (κ2) is 11.1. The molecule has 0 atom stereocenters. The van der Waals surface area contributed by atoms with E-state index in [-0.39, 0.29) is 36.4 Å². The molecular formula is C18H26IN5OS. The predicted octanol–water partition coefficient (Wildman–Crippen LogP) is 3.24. The molecule has 142 valence electrons. The quantitative estimate of drug-likeness (QED) is 0.332. The number of aryl methyl sites for hydroxylation is 3. The van der Waals surface area contributed by atoms with Gasteiger partial charge in [0, 0.05) is 17.6 Å². The van der Waals surface area contributed by atoms with Crippen LogP contribution in [0.4, 0.5) is 5.69 Å². The Bertz CT molecular complexity index is 740. The SMILES string of the molecule is CCc1cccc(NC(=O)CNC(=NC)NCc2nc(C)c(C)s2)c1.I. The highest BCUT2D eigenvalue weighted by Crippen LogP contribution is 2.15. The first-order chi connectivity index (χ1) is 12.0. The minimum Gasteiger partial charge on any atom is -0.350 e. The molecule has 2 rings (SSSR count). The normalized spacial score (nSPS) is 10.8. The van der Waals surface area contributed by atoms with E-state index in [9.17, 15) is 4.79 Å². The number of nitrogens with one attached hydrogen (secondary N) is 3. The van der Waals surface area contributed by atoms with E-state index in [1.807, 2.05) is 31.2 Å². The van der Waals surface area contributed by atoms with Crippen molar-refractivity contribution in [3.05, 3.63) is 45.4 Å². The molecule has 3 N–H and O–H groups in total. The van der Waals surface area contributed by atoms with Crippen molar-refractivity contribution in [2.45, 2.75) is 33.7 Å². The van der Waals surface area contributed by atoms with Gasteiger partial charge in [-0.05, 0) is 38.0 Å². The zero-order valence-electron chi connectivity index (χ0n) is 15.5. The van der Waals surface area contributed by atoms with Gasteiger partial charge in [-0.1, -0.05) is 19.1 Å². The highest BCUT2D eigenvalue weighted by Gasteiger charge is 2.07. The number of hydrogen-bond donors (Lipinski definition) is 3. The van der Waals surface area contributed by atoms with E-state index >= 15 is 0 Å². The number of carbonyl (C=O) groups is 1. The van der Waals surface area contributed by atoms with E-state index in [2.05, 4.69) is 39.8 Å². The molecule has 0 saturated heterocycles. The summed E-state index contributed by atoms with van der Waals surface area (Å²) in [5, 5.41) is 10.1. The Hall–Kier alpha value is -1.68. The lowest BCUT2D eigenvalue weighted by Gasteiger charge is -2.11. The van der Waals surface area contributed by atoms with E-state index in [1.54, 1.807) is 18.4 Å². The number of amides is 1. The van der Waals surface area contributed by atoms with Crippen LogP contribution in [-0.4, -0.2) is 30.4 Å². The predicted molar refractivity (Wildman–Crippen MR) is 120 cm³/mol. The van der Waals surface area contributed by atoms with Gasteiger partial charge in [0.15, 0.2) is 5.96 Å². The van der Waals surface area contributed by atoms with E-state index in [0.29, 0.717) is 12.5 Å². The third kappa shape index (κ3) is 6.91. The highest BCUT2D eigenvalue weighted by molar-refractivity contribution is 14.0. The molecule has 0 aliphatic rings. The first-order valence-electron chi connectivity index (χ1n) is 8.28. The van der Waals surface area contributed by atoms with Crippen molar-refractivity contribution in [1.82, 2.24) is 15.6 Å². The van der Waals surface area contributed by atoms with Crippen molar-refractivity contribution in [2.24, 2.45) is 4.99 Å². The van der Waals surface area contributed by atoms with Gasteiger partial charge in [-0.15, -0.1) is 35.3 Å². The van der Waals surface area contributed by atoms with Crippen LogP contribution in [0.15, 0.2) is 29.3 Å². The summed E-state index contributed by atoms with van der Waals surface area (Å²) in [7, 11) is 1.68. The Morgan fingerprint density at radius 2 is 2.04 bits per heavy atom. The van der Waals surface area contributed by atoms with Gasteiger partial charge in [0.25, 0.3) is 0 Å². The fourth-order valence-corrected chi connectivity index (χ4v) is 3.11. The van der Waals surface area contributed by atoms with Crippen LogP contribution >= 0.6 is 35.3 Å². The molecule has 1 aromatic carbocycles. The van der Waals surface area contributed by atoms with Gasteiger partial charge in [-0.25, -0.2) is 4.98 Å². The summed E-state index contributed by atoms with van der Waals surface area (Å²) in [6, 6.07) is 7.86. The van der Waals surface area contributed by atoms with Gasteiger partial charge in [0.2, 0.25) is 5.91 Å². The summed E-state index contributed by atoms with van der Waals surface area (Å²) in [5.41, 5.74) is 3.05. The average Bonchev–Trinajstić information content (AvgIpc) is 2.93. The summed E-state index contributed by atoms with van der Waals surface area (Å²) in [6.07, 6.45) is 0.939. The number of aromatic nitrogens is 1. The summed E-state index contributed by atoms with van der Waals surface area (Å²) < 4.78 is 0. The van der Waals surface area contributed by atoms with Crippen LogP contribution in [-0.2, 0) is 17.8 Å². The van der Waals surface area contributed by atoms with Gasteiger partial charge in [0.05, 0.1) is 18.8 Å². The lowest BCUT2D eigenvalue weighted by Crippen LogP contribution is -2.41. The zero-order chi connectivity index (χ0) is 18.2. The number of halogens is 1. The summed E-state index contributed by atoms with van der Waals surface area (Å²) in [5.74, 6) is 0.458. The molecule has 0 aliphatic carbocycles. The van der Waals surface area contributed by atoms with Crippen molar-refractivity contribution in [3.8, 4) is 0 Å². The van der Waals surface area contributed by atoms with Crippen LogP contribution in [0, 0.1) is 13.8 Å². The molecule has 0 unspecified atom stereocenters. The van der Waals surface area contributed by atoms with Gasteiger partial charge in [-0.2, -0.15) is 0 Å². The molecule has 0 saturated carbocycles. The van der Waals surface area contributed by atoms with Crippen LogP contribution in [0.5, 0.6) is 0 Å². The summed E-state index contributed by atoms with van der Waals surface area (Å²) in [6.45, 7) is 6.87. The summed E-state index contributed by atoms with van der Waals surface area (Å²) >= 11 is 1.66. The number of benzene rings is 1. The van der Waals surface area contributed by atoms with E-state index in [1.165, 1.54) is 10.4 Å². The fourth-order valence-electron chi connectivity index (χ4n) is 2.23. The zero-order valence-corrected chi connectivity index (χ0v) is 18.7. The van der Waals surface area contributed by atoms with Crippen LogP contribution in [0.1, 0.15) is 28.1 Å². The Kier molecular flexibility index (Phi) is 9.57. The molecule has 6 nitrogen and oxygen atoms in total. The van der Waals surface area contributed by atoms with Crippen LogP contribution < -0.4 is 16.0 Å². The monoisotopic (exact) mass is 487 g/mol. The Labute approximate surface area is 175 Å². The smallest absolute Gasteiger partial charge is 0.243 e. The maximum atomic E-state index is 12.1. The molecule has 0 radical (unpaired) electrons. The second-order valence-electron chi connectivity index (χ2n) is 5.63. The molecule has 0 fully saturated rings. The van der Waals surface area contributed by atoms with Gasteiger partial charge in [-0.3, -0.25) is 9.79 Å². The Morgan fingerprint density at radius 3 is 2.65 bits per heavy atom. The third-order valence-electron chi connectivity index (χ3n) is 3.74. The summed E-state index contributed by atoms with van der Waals surface area (Å²) in [4.78, 5) is 21.9. The van der Waals surface area contributed by atoms with Crippen molar-refractivity contribution in [2.75, 3.05) is 18.9 Å². The van der Waals surface area contributed by atoms with Gasteiger partial charge in [0.1, 0.15) is 5.01 Å². The molecule has 0 spiro atoms. The molecule has 1 amide bonds. The van der Waals surface area contributed by atoms with Crippen molar-refractivity contribution < 1.29 is 4.79 Å². The third-order valence-corrected chi connectivity index (χ3v) is 4.81. The molecule has 1 heterocycles. The first-order valence-corrected chi connectivity index (χ1v) is 9.09. The number of guanidine groups is 1. The molecule has 1 aromatic heterocycles. The number of aliphatic imine (C=N–C) groups is 1. The van der Waals surface area contributed by atoms with E-state index in [4.69, 9.17) is 0 Å². The molecule has 0 bridgehead atoms. The van der Waals surface area contributed by atoms with Crippen LogP contribution in [0.3, 0.4) is 0 Å². The largest absolute Gasteiger partial charge is 0.350 e. The number of carbonyl (C=O) groups excluding carboxylic acids is 1. The van der Waals surface area contributed by atoms with Crippen molar-refractivity contribution >= 4 is 52.9 Å². The first kappa shape index (κ1) is 22.4. The number of rotatable bonds is 6. The Balaban J connectivity index is 0.00000338. The maximum absolute atomic E-state index is 12.1. The highest BCUT2D eigenvalue weighted by atomic mass is 127. The van der Waals surface area contributed by atoms with Gasteiger partial charge < -0.3 is 16.0 Å². The average molecular weight is 487 g/mol. The van der Waals surface area contributed by atoms with Gasteiger partial charge >= 0.3 is 0 Å². The molecule has 2 aromatic rings. The fraction of sp³-hybridized carbons (Fsp3) is 0.389. The lowest BCUT2D eigenvalue weighted by molar-refractivity contribution is -0.115. The Morgan fingerprint density at radius 1 is 1.27 bits per heavy atom. The van der Waals surface area contributed by atoms with E-state index < -0.39 is 0 Å². The van der Waals surface area contributed by atoms with Crippen LogP contribution in [0.2, 0.25) is 0 Å². The van der Waals surface area contributed by atoms with Crippen LogP contribution in [0.25, 0.3) is 0 Å². The lowest BCUT2D eigenvalue weighted by atomic mass is 10.1. The topological polar surface area (TPSA) is 78.4 Å². The van der Waals surface area contributed by atoms with Crippen molar-refractivity contribution in [1.29, 1.82) is 0 Å². The standard InChI is InChI=1S/C18H25N5OS.HI/c1-5-14-7-6-8-15(9-14)23-16(24)10-20-18(19-4)21-11-17-22-12(2)13(3)25-17;/h6-9H,5,10-11H2,1-4H3,(H,23,24)(H2,19,20,21);1H. The van der Waals surface area contributed by atoms with Crippen molar-refractivity contribution in [3.63, 3.8) is 0 Å². The second-order valence-corrected chi connectivity index (χ2v) is 6.92. The van der Waals surface area contributed by atoms with E-state index in [0.717, 1.165) is 22.8 Å². The number of anilines is 1. The number of nitrogens with zero attached hydrogens (tertiary/aromatic N) is 2. The minimum absolute atomic E-state index is 0. The molecule has 0 aliphatic heterocycles. The minimum atomic E-state index is -0.114. The maximum Gasteiger partial charge on any atom is 0.243 e. The molecule has 8 heteroatoms. The number of thiazole rings is 1. The number of hydrogen-bond acceptors (Lipinski definition) is 4. The molecule has 26 heavy (non-hydrogen) atoms.